The molecule has 1 heterocycles. The van der Waals surface area contributed by atoms with Gasteiger partial charge in [-0.2, -0.15) is 0 Å². The van der Waals surface area contributed by atoms with Crippen molar-refractivity contribution in [1.29, 1.82) is 0 Å². The van der Waals surface area contributed by atoms with Crippen LogP contribution in [0.3, 0.4) is 0 Å². The summed E-state index contributed by atoms with van der Waals surface area (Å²) in [7, 11) is 0. The summed E-state index contributed by atoms with van der Waals surface area (Å²) in [4.78, 5) is 28.2. The van der Waals surface area contributed by atoms with Gasteiger partial charge in [0.1, 0.15) is 5.69 Å². The van der Waals surface area contributed by atoms with Gasteiger partial charge in [-0.1, -0.05) is 34.1 Å². The maximum atomic E-state index is 12.6. The number of carbonyl (C=O) groups is 1. The van der Waals surface area contributed by atoms with Crippen molar-refractivity contribution in [1.82, 2.24) is 9.55 Å². The van der Waals surface area contributed by atoms with Crippen LogP contribution in [-0.2, 0) is 6.54 Å². The van der Waals surface area contributed by atoms with E-state index in [0.29, 0.717) is 17.6 Å². The molecule has 1 aromatic heterocycles. The third kappa shape index (κ3) is 3.53. The van der Waals surface area contributed by atoms with Gasteiger partial charge >= 0.3 is 5.97 Å². The number of carboxylic acids is 1. The van der Waals surface area contributed by atoms with Crippen molar-refractivity contribution in [3.05, 3.63) is 74.1 Å². The van der Waals surface area contributed by atoms with E-state index in [4.69, 9.17) is 5.11 Å². The molecule has 1 N–H and O–H groups in total. The van der Waals surface area contributed by atoms with Crippen molar-refractivity contribution in [2.75, 3.05) is 0 Å². The Bertz CT molecular complexity index is 1040. The van der Waals surface area contributed by atoms with E-state index in [9.17, 15) is 9.59 Å². The molecule has 0 amide bonds. The van der Waals surface area contributed by atoms with Crippen LogP contribution in [0.4, 0.5) is 0 Å². The first-order valence-corrected chi connectivity index (χ1v) is 8.50. The molecular formula is C19H15BrN2O3. The van der Waals surface area contributed by atoms with Gasteiger partial charge in [0, 0.05) is 11.0 Å². The summed E-state index contributed by atoms with van der Waals surface area (Å²) in [5, 5.41) is 9.15. The zero-order chi connectivity index (χ0) is 18.0. The van der Waals surface area contributed by atoms with Crippen LogP contribution in [0, 0.1) is 0 Å². The maximum Gasteiger partial charge on any atom is 0.335 e. The molecule has 0 spiro atoms. The fraction of sp³-hybridized carbons (Fsp3) is 0.105. The fourth-order valence-electron chi connectivity index (χ4n) is 2.57. The Kier molecular flexibility index (Phi) is 4.81. The molecular weight excluding hydrogens is 384 g/mol. The van der Waals surface area contributed by atoms with Crippen molar-refractivity contribution in [2.24, 2.45) is 0 Å². The number of hydrogen-bond donors (Lipinski definition) is 1. The maximum absolute atomic E-state index is 12.6. The Morgan fingerprint density at radius 1 is 1.20 bits per heavy atom. The number of fused-ring (bicyclic) bond motifs is 1. The second-order valence-electron chi connectivity index (χ2n) is 5.44. The van der Waals surface area contributed by atoms with E-state index in [2.05, 4.69) is 20.9 Å². The number of hydrogen-bond acceptors (Lipinski definition) is 3. The van der Waals surface area contributed by atoms with Crippen LogP contribution in [0.1, 0.15) is 28.5 Å². The number of aromatic nitrogens is 2. The summed E-state index contributed by atoms with van der Waals surface area (Å²) in [6, 6.07) is 12.3. The molecule has 0 saturated carbocycles. The van der Waals surface area contributed by atoms with E-state index in [1.54, 1.807) is 16.7 Å². The summed E-state index contributed by atoms with van der Waals surface area (Å²) >= 11 is 3.38. The number of rotatable bonds is 4. The van der Waals surface area contributed by atoms with Crippen molar-refractivity contribution >= 4 is 45.1 Å². The van der Waals surface area contributed by atoms with Crippen LogP contribution in [-0.4, -0.2) is 20.6 Å². The van der Waals surface area contributed by atoms with Crippen molar-refractivity contribution in [2.45, 2.75) is 13.5 Å². The quantitative estimate of drug-likeness (QED) is 0.719. The molecule has 0 radical (unpaired) electrons. The molecule has 0 bridgehead atoms. The molecule has 126 valence electrons. The lowest BCUT2D eigenvalue weighted by atomic mass is 10.1. The van der Waals surface area contributed by atoms with Gasteiger partial charge < -0.3 is 9.67 Å². The van der Waals surface area contributed by atoms with Crippen LogP contribution in [0.15, 0.2) is 51.7 Å². The van der Waals surface area contributed by atoms with Gasteiger partial charge in [0.05, 0.1) is 16.6 Å². The summed E-state index contributed by atoms with van der Waals surface area (Å²) in [6.45, 7) is 2.34. The Morgan fingerprint density at radius 2 is 1.92 bits per heavy atom. The molecule has 0 unspecified atom stereocenters. The average Bonchev–Trinajstić information content (AvgIpc) is 2.61. The van der Waals surface area contributed by atoms with Crippen LogP contribution >= 0.6 is 15.9 Å². The predicted molar refractivity (Wildman–Crippen MR) is 102 cm³/mol. The molecule has 6 heteroatoms. The molecule has 0 aliphatic carbocycles. The molecule has 3 rings (SSSR count). The van der Waals surface area contributed by atoms with E-state index >= 15 is 0 Å². The number of benzene rings is 2. The van der Waals surface area contributed by atoms with E-state index < -0.39 is 5.97 Å². The minimum absolute atomic E-state index is 0.143. The minimum atomic E-state index is -1.02. The van der Waals surface area contributed by atoms with Gasteiger partial charge in [0.15, 0.2) is 0 Å². The Balaban J connectivity index is 2.13. The molecule has 0 fully saturated rings. The first-order valence-electron chi connectivity index (χ1n) is 7.71. The first kappa shape index (κ1) is 17.1. The second-order valence-corrected chi connectivity index (χ2v) is 6.36. The lowest BCUT2D eigenvalue weighted by Gasteiger charge is -2.09. The topological polar surface area (TPSA) is 72.2 Å². The summed E-state index contributed by atoms with van der Waals surface area (Å²) in [5.74, 6) is -1.02. The van der Waals surface area contributed by atoms with E-state index in [1.807, 2.05) is 37.3 Å². The molecule has 0 aliphatic rings. The number of aryl methyl sites for hydroxylation is 1. The largest absolute Gasteiger partial charge is 0.478 e. The van der Waals surface area contributed by atoms with Gasteiger partial charge in [0.2, 0.25) is 0 Å². The highest BCUT2D eigenvalue weighted by Gasteiger charge is 2.11. The minimum Gasteiger partial charge on any atom is -0.478 e. The Morgan fingerprint density at radius 3 is 2.56 bits per heavy atom. The van der Waals surface area contributed by atoms with Gasteiger partial charge in [0.25, 0.3) is 5.56 Å². The highest BCUT2D eigenvalue weighted by atomic mass is 79.9. The van der Waals surface area contributed by atoms with Gasteiger partial charge in [-0.25, -0.2) is 9.78 Å². The molecule has 5 nitrogen and oxygen atoms in total. The van der Waals surface area contributed by atoms with Crippen molar-refractivity contribution in [3.8, 4) is 0 Å². The average molecular weight is 399 g/mol. The molecule has 0 aliphatic heterocycles. The molecule has 0 saturated heterocycles. The van der Waals surface area contributed by atoms with Crippen molar-refractivity contribution < 1.29 is 9.90 Å². The monoisotopic (exact) mass is 398 g/mol. The van der Waals surface area contributed by atoms with Crippen LogP contribution in [0.5, 0.6) is 0 Å². The third-order valence-corrected chi connectivity index (χ3v) is 4.37. The molecule has 2 aromatic carbocycles. The molecule has 25 heavy (non-hydrogen) atoms. The number of nitrogens with zero attached hydrogens (tertiary/aromatic N) is 2. The van der Waals surface area contributed by atoms with Crippen LogP contribution < -0.4 is 5.56 Å². The lowest BCUT2D eigenvalue weighted by molar-refractivity contribution is 0.0697. The Hall–Kier alpha value is -2.73. The summed E-state index contributed by atoms with van der Waals surface area (Å²) in [5.41, 5.74) is 2.26. The fourth-order valence-corrected chi connectivity index (χ4v) is 2.84. The van der Waals surface area contributed by atoms with Crippen molar-refractivity contribution in [3.63, 3.8) is 0 Å². The van der Waals surface area contributed by atoms with Gasteiger partial charge in [-0.3, -0.25) is 4.79 Å². The third-order valence-electron chi connectivity index (χ3n) is 3.84. The number of aromatic carboxylic acids is 1. The van der Waals surface area contributed by atoms with Crippen LogP contribution in [0.2, 0.25) is 0 Å². The van der Waals surface area contributed by atoms with Gasteiger partial charge in [-0.05, 0) is 48.9 Å². The predicted octanol–water partition coefficient (Wildman–Crippen LogP) is 4.05. The highest BCUT2D eigenvalue weighted by Crippen LogP contribution is 2.16. The van der Waals surface area contributed by atoms with Gasteiger partial charge in [-0.15, -0.1) is 0 Å². The smallest absolute Gasteiger partial charge is 0.335 e. The normalized spacial score (nSPS) is 11.3. The highest BCUT2D eigenvalue weighted by molar-refractivity contribution is 9.10. The lowest BCUT2D eigenvalue weighted by Crippen LogP contribution is -2.23. The standard InChI is InChI=1S/C19H15BrN2O3/c1-2-22-17-10-6-13(19(24)25)11-16(17)21-15(18(22)23)9-5-12-3-7-14(20)8-4-12/h3-11H,2H2,1H3,(H,24,25)/b9-5+. The van der Waals surface area contributed by atoms with E-state index in [1.165, 1.54) is 12.1 Å². The van der Waals surface area contributed by atoms with Crippen LogP contribution in [0.25, 0.3) is 23.2 Å². The molecule has 3 aromatic rings. The summed E-state index contributed by atoms with van der Waals surface area (Å²) in [6.07, 6.45) is 3.47. The zero-order valence-electron chi connectivity index (χ0n) is 13.4. The van der Waals surface area contributed by atoms with E-state index in [0.717, 1.165) is 10.0 Å². The molecule has 0 atom stereocenters. The Labute approximate surface area is 152 Å². The number of halogens is 1. The first-order chi connectivity index (χ1) is 12.0. The second kappa shape index (κ2) is 7.03. The van der Waals surface area contributed by atoms with E-state index in [-0.39, 0.29) is 16.8 Å². The SMILES string of the molecule is CCn1c(=O)c(/C=C/c2ccc(Br)cc2)nc2cc(C(=O)O)ccc21. The zero-order valence-corrected chi connectivity index (χ0v) is 15.0. The summed E-state index contributed by atoms with van der Waals surface area (Å²) < 4.78 is 2.57. The number of carboxylic acid groups (broad SMARTS) is 1.